The predicted molar refractivity (Wildman–Crippen MR) is 62.7 cm³/mol. The van der Waals surface area contributed by atoms with Crippen LogP contribution in [0.1, 0.15) is 26.2 Å². The number of thioether (sulfide) groups is 1. The van der Waals surface area contributed by atoms with Crippen LogP contribution < -0.4 is 0 Å². The van der Waals surface area contributed by atoms with Gasteiger partial charge in [0.25, 0.3) is 0 Å². The Morgan fingerprint density at radius 3 is 2.64 bits per heavy atom. The third-order valence-corrected chi connectivity index (χ3v) is 3.23. The summed E-state index contributed by atoms with van der Waals surface area (Å²) in [5.74, 6) is 0.810. The molecule has 1 aromatic carbocycles. The Labute approximate surface area is 90.5 Å². The fraction of sp³-hybridized carbons (Fsp3) is 0.500. The molecular weight excluding hydrogens is 192 g/mol. The van der Waals surface area contributed by atoms with Gasteiger partial charge in [-0.25, -0.2) is 0 Å². The summed E-state index contributed by atoms with van der Waals surface area (Å²) in [5.41, 5.74) is 0. The van der Waals surface area contributed by atoms with E-state index in [0.717, 1.165) is 25.0 Å². The average molecular weight is 210 g/mol. The lowest BCUT2D eigenvalue weighted by Gasteiger charge is -2.08. The fourth-order valence-electron chi connectivity index (χ4n) is 1.23. The Bertz CT molecular complexity index is 235. The number of rotatable bonds is 6. The molecule has 1 aromatic rings. The van der Waals surface area contributed by atoms with Crippen molar-refractivity contribution in [3.8, 4) is 0 Å². The van der Waals surface area contributed by atoms with E-state index in [0.29, 0.717) is 0 Å². The number of unbranched alkanes of at least 4 members (excludes halogenated alkanes) is 1. The molecule has 0 heterocycles. The van der Waals surface area contributed by atoms with E-state index in [4.69, 9.17) is 0 Å². The van der Waals surface area contributed by atoms with Crippen LogP contribution in [0.15, 0.2) is 35.2 Å². The van der Waals surface area contributed by atoms with Gasteiger partial charge in [-0.1, -0.05) is 38.0 Å². The van der Waals surface area contributed by atoms with Crippen LogP contribution in [0.4, 0.5) is 0 Å². The molecule has 2 heteroatoms. The highest BCUT2D eigenvalue weighted by Crippen LogP contribution is 2.19. The van der Waals surface area contributed by atoms with Gasteiger partial charge in [-0.15, -0.1) is 11.8 Å². The van der Waals surface area contributed by atoms with E-state index in [1.165, 1.54) is 4.90 Å². The molecule has 1 nitrogen and oxygen atoms in total. The summed E-state index contributed by atoms with van der Waals surface area (Å²) in [6.45, 7) is 2.15. The molecule has 0 bridgehead atoms. The van der Waals surface area contributed by atoms with E-state index >= 15 is 0 Å². The SMILES string of the molecule is CCCCC(O)CSc1ccccc1. The van der Waals surface area contributed by atoms with E-state index in [1.54, 1.807) is 11.8 Å². The van der Waals surface area contributed by atoms with Crippen LogP contribution in [0.2, 0.25) is 0 Å². The van der Waals surface area contributed by atoms with Crippen LogP contribution in [0, 0.1) is 0 Å². The molecule has 14 heavy (non-hydrogen) atoms. The van der Waals surface area contributed by atoms with Crippen molar-refractivity contribution in [1.29, 1.82) is 0 Å². The van der Waals surface area contributed by atoms with Gasteiger partial charge in [-0.05, 0) is 18.6 Å². The molecule has 0 saturated carbocycles. The first-order valence-electron chi connectivity index (χ1n) is 5.19. The van der Waals surface area contributed by atoms with Gasteiger partial charge in [0.1, 0.15) is 0 Å². The third-order valence-electron chi connectivity index (χ3n) is 2.08. The molecule has 1 atom stereocenters. The zero-order chi connectivity index (χ0) is 10.2. The lowest BCUT2D eigenvalue weighted by Crippen LogP contribution is -2.09. The molecule has 0 amide bonds. The smallest absolute Gasteiger partial charge is 0.0634 e. The molecule has 1 rings (SSSR count). The van der Waals surface area contributed by atoms with Gasteiger partial charge in [0.2, 0.25) is 0 Å². The molecule has 0 aromatic heterocycles. The molecule has 0 saturated heterocycles. The van der Waals surface area contributed by atoms with Crippen molar-refractivity contribution in [3.63, 3.8) is 0 Å². The topological polar surface area (TPSA) is 20.2 Å². The molecule has 0 radical (unpaired) electrons. The zero-order valence-electron chi connectivity index (χ0n) is 8.65. The molecule has 0 spiro atoms. The van der Waals surface area contributed by atoms with Crippen LogP contribution in [-0.2, 0) is 0 Å². The molecule has 0 aliphatic rings. The summed E-state index contributed by atoms with van der Waals surface area (Å²) < 4.78 is 0. The predicted octanol–water partition coefficient (Wildman–Crippen LogP) is 3.33. The van der Waals surface area contributed by atoms with Gasteiger partial charge < -0.3 is 5.11 Å². The summed E-state index contributed by atoms with van der Waals surface area (Å²) in [6.07, 6.45) is 3.06. The van der Waals surface area contributed by atoms with E-state index < -0.39 is 0 Å². The Kier molecular flexibility index (Phi) is 5.72. The monoisotopic (exact) mass is 210 g/mol. The largest absolute Gasteiger partial charge is 0.392 e. The number of aliphatic hydroxyl groups excluding tert-OH is 1. The van der Waals surface area contributed by atoms with E-state index in [-0.39, 0.29) is 6.10 Å². The van der Waals surface area contributed by atoms with Crippen molar-refractivity contribution in [3.05, 3.63) is 30.3 Å². The second-order valence-electron chi connectivity index (χ2n) is 3.42. The van der Waals surface area contributed by atoms with Gasteiger partial charge in [0, 0.05) is 10.6 Å². The van der Waals surface area contributed by atoms with Gasteiger partial charge in [0.05, 0.1) is 6.10 Å². The number of hydrogen-bond acceptors (Lipinski definition) is 2. The fourth-order valence-corrected chi connectivity index (χ4v) is 2.13. The number of benzene rings is 1. The van der Waals surface area contributed by atoms with Gasteiger partial charge in [-0.2, -0.15) is 0 Å². The first-order chi connectivity index (χ1) is 6.83. The highest BCUT2D eigenvalue weighted by molar-refractivity contribution is 7.99. The Morgan fingerprint density at radius 1 is 1.29 bits per heavy atom. The summed E-state index contributed by atoms with van der Waals surface area (Å²) in [7, 11) is 0. The van der Waals surface area contributed by atoms with Crippen molar-refractivity contribution in [2.24, 2.45) is 0 Å². The van der Waals surface area contributed by atoms with Crippen molar-refractivity contribution in [1.82, 2.24) is 0 Å². The van der Waals surface area contributed by atoms with E-state index in [9.17, 15) is 5.11 Å². The van der Waals surface area contributed by atoms with Crippen LogP contribution in [0.5, 0.6) is 0 Å². The van der Waals surface area contributed by atoms with Crippen LogP contribution >= 0.6 is 11.8 Å². The summed E-state index contributed by atoms with van der Waals surface area (Å²) >= 11 is 1.73. The minimum Gasteiger partial charge on any atom is -0.392 e. The van der Waals surface area contributed by atoms with Crippen molar-refractivity contribution < 1.29 is 5.11 Å². The molecule has 0 aliphatic carbocycles. The van der Waals surface area contributed by atoms with Gasteiger partial charge >= 0.3 is 0 Å². The minimum atomic E-state index is -0.153. The molecule has 0 aliphatic heterocycles. The second-order valence-corrected chi connectivity index (χ2v) is 4.51. The Morgan fingerprint density at radius 2 is 2.00 bits per heavy atom. The third kappa shape index (κ3) is 4.68. The quantitative estimate of drug-likeness (QED) is 0.727. The number of aliphatic hydroxyl groups is 1. The standard InChI is InChI=1S/C12H18OS/c1-2-3-7-11(13)10-14-12-8-5-4-6-9-12/h4-6,8-9,11,13H,2-3,7,10H2,1H3. The molecule has 78 valence electrons. The second kappa shape index (κ2) is 6.91. The van der Waals surface area contributed by atoms with Crippen LogP contribution in [0.3, 0.4) is 0 Å². The Hall–Kier alpha value is -0.470. The lowest BCUT2D eigenvalue weighted by atomic mass is 10.2. The maximum absolute atomic E-state index is 9.62. The molecule has 0 fully saturated rings. The van der Waals surface area contributed by atoms with Gasteiger partial charge in [0.15, 0.2) is 0 Å². The van der Waals surface area contributed by atoms with E-state index in [2.05, 4.69) is 19.1 Å². The van der Waals surface area contributed by atoms with Crippen LogP contribution in [-0.4, -0.2) is 17.0 Å². The molecule has 1 N–H and O–H groups in total. The average Bonchev–Trinajstić information content (AvgIpc) is 2.25. The van der Waals surface area contributed by atoms with Crippen LogP contribution in [0.25, 0.3) is 0 Å². The van der Waals surface area contributed by atoms with Crippen molar-refractivity contribution >= 4 is 11.8 Å². The summed E-state index contributed by atoms with van der Waals surface area (Å²) in [5, 5.41) is 9.62. The first-order valence-corrected chi connectivity index (χ1v) is 6.17. The van der Waals surface area contributed by atoms with Crippen molar-refractivity contribution in [2.45, 2.75) is 37.2 Å². The lowest BCUT2D eigenvalue weighted by molar-refractivity contribution is 0.186. The van der Waals surface area contributed by atoms with Gasteiger partial charge in [-0.3, -0.25) is 0 Å². The normalized spacial score (nSPS) is 12.7. The first kappa shape index (κ1) is 11.6. The Balaban J connectivity index is 2.20. The van der Waals surface area contributed by atoms with Crippen molar-refractivity contribution in [2.75, 3.05) is 5.75 Å². The summed E-state index contributed by atoms with van der Waals surface area (Å²) in [4.78, 5) is 1.24. The number of hydrogen-bond donors (Lipinski definition) is 1. The maximum atomic E-state index is 9.62. The molecular formula is C12H18OS. The molecule has 1 unspecified atom stereocenters. The van der Waals surface area contributed by atoms with E-state index in [1.807, 2.05) is 18.2 Å². The summed E-state index contributed by atoms with van der Waals surface area (Å²) in [6, 6.07) is 10.2. The highest BCUT2D eigenvalue weighted by Gasteiger charge is 2.03. The minimum absolute atomic E-state index is 0.153. The highest BCUT2D eigenvalue weighted by atomic mass is 32.2. The zero-order valence-corrected chi connectivity index (χ0v) is 9.46. The maximum Gasteiger partial charge on any atom is 0.0634 e.